The highest BCUT2D eigenvalue weighted by molar-refractivity contribution is 7.89. The molecule has 1 aliphatic heterocycles. The molecule has 2 atom stereocenters. The third-order valence-corrected chi connectivity index (χ3v) is 6.77. The van der Waals surface area contributed by atoms with E-state index in [0.29, 0.717) is 17.9 Å². The zero-order valence-electron chi connectivity index (χ0n) is 18.6. The summed E-state index contributed by atoms with van der Waals surface area (Å²) in [7, 11) is -3.99. The highest BCUT2D eigenvalue weighted by Crippen LogP contribution is 2.18. The molecule has 0 saturated carbocycles. The van der Waals surface area contributed by atoms with E-state index in [2.05, 4.69) is 10.0 Å². The zero-order valence-corrected chi connectivity index (χ0v) is 19.4. The Labute approximate surface area is 193 Å². The molecule has 1 fully saturated rings. The lowest BCUT2D eigenvalue weighted by atomic mass is 10.1. The summed E-state index contributed by atoms with van der Waals surface area (Å²) in [4.78, 5) is 25.8. The van der Waals surface area contributed by atoms with E-state index in [1.54, 1.807) is 12.1 Å². The molecule has 0 aliphatic carbocycles. The fraction of sp³-hybridized carbons (Fsp3) is 0.391. The first-order valence-electron chi connectivity index (χ1n) is 10.7. The molecule has 3 rings (SSSR count). The molecule has 10 heteroatoms. The number of rotatable bonds is 9. The Balaban J connectivity index is 1.73. The third kappa shape index (κ3) is 7.08. The van der Waals surface area contributed by atoms with Crippen molar-refractivity contribution in [2.45, 2.75) is 50.3 Å². The third-order valence-electron chi connectivity index (χ3n) is 5.21. The second-order valence-corrected chi connectivity index (χ2v) is 9.75. The standard InChI is InChI=1S/C23H28FN3O5S/c1-16(26-33(30,31)22-10-8-20(9-11-22)25-17(2)28)23(29)27(15-21-7-4-12-32-21)14-18-5-3-6-19(24)13-18/h3,5-6,8-11,13,16,21,26H,4,7,12,14-15H2,1-2H3,(H,25,28)/t16-,21?/m0/s1. The van der Waals surface area contributed by atoms with Crippen LogP contribution in [-0.4, -0.2) is 50.4 Å². The van der Waals surface area contributed by atoms with Gasteiger partial charge in [0.2, 0.25) is 21.8 Å². The van der Waals surface area contributed by atoms with Gasteiger partial charge in [-0.2, -0.15) is 4.72 Å². The first-order chi connectivity index (χ1) is 15.6. The fourth-order valence-corrected chi connectivity index (χ4v) is 4.86. The number of anilines is 1. The largest absolute Gasteiger partial charge is 0.376 e. The van der Waals surface area contributed by atoms with Gasteiger partial charge in [-0.1, -0.05) is 12.1 Å². The molecule has 2 aromatic carbocycles. The van der Waals surface area contributed by atoms with E-state index >= 15 is 0 Å². The Kier molecular flexibility index (Phi) is 8.17. The summed E-state index contributed by atoms with van der Waals surface area (Å²) in [5, 5.41) is 2.57. The Morgan fingerprint density at radius 2 is 1.94 bits per heavy atom. The van der Waals surface area contributed by atoms with E-state index < -0.39 is 27.8 Å². The molecule has 178 valence electrons. The molecule has 0 aromatic heterocycles. The topological polar surface area (TPSA) is 105 Å². The summed E-state index contributed by atoms with van der Waals surface area (Å²) in [6, 6.07) is 10.5. The molecule has 2 aromatic rings. The van der Waals surface area contributed by atoms with Gasteiger partial charge in [-0.3, -0.25) is 9.59 Å². The van der Waals surface area contributed by atoms with Gasteiger partial charge in [0.1, 0.15) is 5.82 Å². The van der Waals surface area contributed by atoms with E-state index in [-0.39, 0.29) is 30.0 Å². The number of hydrogen-bond donors (Lipinski definition) is 2. The van der Waals surface area contributed by atoms with Crippen LogP contribution in [0.4, 0.5) is 10.1 Å². The van der Waals surface area contributed by atoms with Crippen molar-refractivity contribution in [2.24, 2.45) is 0 Å². The maximum atomic E-state index is 13.6. The Morgan fingerprint density at radius 3 is 2.55 bits per heavy atom. The van der Waals surface area contributed by atoms with Gasteiger partial charge in [0.15, 0.2) is 0 Å². The molecule has 1 unspecified atom stereocenters. The fourth-order valence-electron chi connectivity index (χ4n) is 3.67. The number of ether oxygens (including phenoxy) is 1. The predicted molar refractivity (Wildman–Crippen MR) is 121 cm³/mol. The maximum Gasteiger partial charge on any atom is 0.241 e. The Morgan fingerprint density at radius 1 is 1.21 bits per heavy atom. The number of benzene rings is 2. The van der Waals surface area contributed by atoms with Crippen LogP contribution in [0.3, 0.4) is 0 Å². The average molecular weight is 478 g/mol. The van der Waals surface area contributed by atoms with Crippen molar-refractivity contribution in [1.82, 2.24) is 9.62 Å². The molecule has 2 N–H and O–H groups in total. The van der Waals surface area contributed by atoms with Crippen LogP contribution in [0.2, 0.25) is 0 Å². The second-order valence-electron chi connectivity index (χ2n) is 8.03. The molecule has 2 amide bonds. The number of carbonyl (C=O) groups is 2. The number of nitrogens with one attached hydrogen (secondary N) is 2. The zero-order chi connectivity index (χ0) is 24.0. The number of carbonyl (C=O) groups excluding carboxylic acids is 2. The molecule has 33 heavy (non-hydrogen) atoms. The monoisotopic (exact) mass is 477 g/mol. The molecule has 0 bridgehead atoms. The molecule has 0 radical (unpaired) electrons. The Bertz CT molecular complexity index is 1090. The first-order valence-corrected chi connectivity index (χ1v) is 12.2. The van der Waals surface area contributed by atoms with E-state index in [4.69, 9.17) is 4.74 Å². The molecular weight excluding hydrogens is 449 g/mol. The van der Waals surface area contributed by atoms with Crippen molar-refractivity contribution in [3.8, 4) is 0 Å². The number of hydrogen-bond acceptors (Lipinski definition) is 5. The molecular formula is C23H28FN3O5S. The van der Waals surface area contributed by atoms with Gasteiger partial charge >= 0.3 is 0 Å². The molecule has 1 saturated heterocycles. The van der Waals surface area contributed by atoms with Gasteiger partial charge in [0.05, 0.1) is 17.0 Å². The van der Waals surface area contributed by atoms with E-state index in [1.807, 2.05) is 0 Å². The molecule has 0 spiro atoms. The van der Waals surface area contributed by atoms with Crippen molar-refractivity contribution in [3.63, 3.8) is 0 Å². The lowest BCUT2D eigenvalue weighted by Crippen LogP contribution is -2.48. The number of amides is 2. The van der Waals surface area contributed by atoms with E-state index in [1.165, 1.54) is 55.1 Å². The molecule has 1 aliphatic rings. The normalized spacial score (nSPS) is 16.9. The van der Waals surface area contributed by atoms with Crippen LogP contribution in [-0.2, 0) is 30.9 Å². The van der Waals surface area contributed by atoms with Gasteiger partial charge in [0, 0.05) is 32.3 Å². The maximum absolute atomic E-state index is 13.6. The number of halogens is 1. The van der Waals surface area contributed by atoms with Gasteiger partial charge in [-0.25, -0.2) is 12.8 Å². The highest BCUT2D eigenvalue weighted by atomic mass is 32.2. The van der Waals surface area contributed by atoms with Gasteiger partial charge in [0.25, 0.3) is 0 Å². The average Bonchev–Trinajstić information content (AvgIpc) is 3.25. The summed E-state index contributed by atoms with van der Waals surface area (Å²) < 4.78 is 47.3. The summed E-state index contributed by atoms with van der Waals surface area (Å²) in [5.41, 5.74) is 1.06. The van der Waals surface area contributed by atoms with Crippen molar-refractivity contribution in [3.05, 3.63) is 59.9 Å². The number of nitrogens with zero attached hydrogens (tertiary/aromatic N) is 1. The van der Waals surface area contributed by atoms with Crippen molar-refractivity contribution in [1.29, 1.82) is 0 Å². The molecule has 1 heterocycles. The number of sulfonamides is 1. The lowest BCUT2D eigenvalue weighted by Gasteiger charge is -2.28. The summed E-state index contributed by atoms with van der Waals surface area (Å²) >= 11 is 0. The van der Waals surface area contributed by atoms with Crippen LogP contribution in [0.1, 0.15) is 32.3 Å². The summed E-state index contributed by atoms with van der Waals surface area (Å²) in [5.74, 6) is -1.12. The summed E-state index contributed by atoms with van der Waals surface area (Å²) in [6.07, 6.45) is 1.55. The smallest absolute Gasteiger partial charge is 0.241 e. The van der Waals surface area contributed by atoms with Crippen molar-refractivity contribution >= 4 is 27.5 Å². The van der Waals surface area contributed by atoms with Crippen LogP contribution < -0.4 is 10.0 Å². The summed E-state index contributed by atoms with van der Waals surface area (Å²) in [6.45, 7) is 3.86. The van der Waals surface area contributed by atoms with E-state index in [9.17, 15) is 22.4 Å². The Hall–Kier alpha value is -2.82. The van der Waals surface area contributed by atoms with Crippen molar-refractivity contribution in [2.75, 3.05) is 18.5 Å². The minimum Gasteiger partial charge on any atom is -0.376 e. The quantitative estimate of drug-likeness (QED) is 0.578. The SMILES string of the molecule is CC(=O)Nc1ccc(S(=O)(=O)N[C@@H](C)C(=O)N(Cc2cccc(F)c2)CC2CCCO2)cc1. The van der Waals surface area contributed by atoms with Crippen LogP contribution in [0.25, 0.3) is 0 Å². The second kappa shape index (κ2) is 10.9. The lowest BCUT2D eigenvalue weighted by molar-refractivity contribution is -0.134. The van der Waals surface area contributed by atoms with E-state index in [0.717, 1.165) is 12.8 Å². The first kappa shape index (κ1) is 24.8. The minimum absolute atomic E-state index is 0.0351. The van der Waals surface area contributed by atoms with Crippen LogP contribution in [0.15, 0.2) is 53.4 Å². The van der Waals surface area contributed by atoms with Crippen molar-refractivity contribution < 1.29 is 27.1 Å². The molecule has 8 nitrogen and oxygen atoms in total. The van der Waals surface area contributed by atoms with Crippen LogP contribution >= 0.6 is 0 Å². The van der Waals surface area contributed by atoms with Gasteiger partial charge in [-0.05, 0) is 61.7 Å². The van der Waals surface area contributed by atoms with Crippen LogP contribution in [0, 0.1) is 5.82 Å². The highest BCUT2D eigenvalue weighted by Gasteiger charge is 2.29. The van der Waals surface area contributed by atoms with Gasteiger partial charge in [-0.15, -0.1) is 0 Å². The predicted octanol–water partition coefficient (Wildman–Crippen LogP) is 2.66. The van der Waals surface area contributed by atoms with Gasteiger partial charge < -0.3 is 15.0 Å². The minimum atomic E-state index is -3.99. The van der Waals surface area contributed by atoms with Crippen LogP contribution in [0.5, 0.6) is 0 Å².